The lowest BCUT2D eigenvalue weighted by Gasteiger charge is -2.08. The molecule has 1 aromatic carbocycles. The van der Waals surface area contributed by atoms with Crippen molar-refractivity contribution >= 4 is 22.5 Å². The zero-order chi connectivity index (χ0) is 12.6. The highest BCUT2D eigenvalue weighted by Gasteiger charge is 2.30. The first-order valence-corrected chi connectivity index (χ1v) is 5.03. The Labute approximate surface area is 99.4 Å². The molecule has 0 amide bonds. The predicted octanol–water partition coefficient (Wildman–Crippen LogP) is 2.76. The Hall–Kier alpha value is -1.40. The summed E-state index contributed by atoms with van der Waals surface area (Å²) in [6.07, 6.45) is -4.41. The topological polar surface area (TPSA) is 51.8 Å². The Morgan fingerprint density at radius 2 is 1.94 bits per heavy atom. The molecular weight excluding hydrogens is 255 g/mol. The zero-order valence-corrected chi connectivity index (χ0v) is 9.18. The van der Waals surface area contributed by atoms with Crippen LogP contribution in [0, 0.1) is 0 Å². The molecule has 0 fully saturated rings. The normalized spacial score (nSPS) is 12.1. The number of fused-ring (bicyclic) bond motifs is 1. The van der Waals surface area contributed by atoms with Gasteiger partial charge in [-0.15, -0.1) is 0 Å². The third kappa shape index (κ3) is 2.32. The summed E-state index contributed by atoms with van der Waals surface area (Å²) < 4.78 is 37.5. The van der Waals surface area contributed by atoms with E-state index in [1.807, 2.05) is 0 Å². The largest absolute Gasteiger partial charge is 0.416 e. The highest BCUT2D eigenvalue weighted by Crippen LogP contribution is 2.32. The average molecular weight is 262 g/mol. The van der Waals surface area contributed by atoms with E-state index >= 15 is 0 Å². The lowest BCUT2D eigenvalue weighted by Crippen LogP contribution is -2.07. The summed E-state index contributed by atoms with van der Waals surface area (Å²) >= 11 is 5.82. The zero-order valence-electron chi connectivity index (χ0n) is 8.42. The molecule has 0 radical (unpaired) electrons. The van der Waals surface area contributed by atoms with Crippen molar-refractivity contribution in [2.75, 3.05) is 0 Å². The van der Waals surface area contributed by atoms with Gasteiger partial charge in [-0.3, -0.25) is 0 Å². The van der Waals surface area contributed by atoms with Crippen LogP contribution in [0.15, 0.2) is 18.2 Å². The van der Waals surface area contributed by atoms with Crippen molar-refractivity contribution in [1.29, 1.82) is 0 Å². The van der Waals surface area contributed by atoms with Crippen molar-refractivity contribution in [2.45, 2.75) is 12.7 Å². The van der Waals surface area contributed by atoms with Crippen LogP contribution in [0.2, 0.25) is 5.15 Å². The first-order valence-electron chi connectivity index (χ1n) is 4.65. The molecule has 0 aliphatic rings. The van der Waals surface area contributed by atoms with Crippen LogP contribution in [-0.4, -0.2) is 9.97 Å². The van der Waals surface area contributed by atoms with E-state index in [1.165, 1.54) is 6.07 Å². The molecule has 90 valence electrons. The van der Waals surface area contributed by atoms with E-state index in [9.17, 15) is 13.2 Å². The number of hydrogen-bond donors (Lipinski definition) is 1. The molecule has 0 aliphatic carbocycles. The van der Waals surface area contributed by atoms with E-state index in [0.29, 0.717) is 5.39 Å². The van der Waals surface area contributed by atoms with Crippen LogP contribution in [0.25, 0.3) is 10.9 Å². The van der Waals surface area contributed by atoms with E-state index in [4.69, 9.17) is 17.3 Å². The molecule has 0 aliphatic heterocycles. The van der Waals surface area contributed by atoms with Gasteiger partial charge in [0.2, 0.25) is 0 Å². The summed E-state index contributed by atoms with van der Waals surface area (Å²) in [6.45, 7) is 0.0197. The number of halogens is 4. The van der Waals surface area contributed by atoms with Crippen molar-refractivity contribution < 1.29 is 13.2 Å². The first-order chi connectivity index (χ1) is 7.91. The molecule has 17 heavy (non-hydrogen) atoms. The maximum atomic E-state index is 12.5. The minimum atomic E-state index is -4.41. The highest BCUT2D eigenvalue weighted by molar-refractivity contribution is 6.34. The van der Waals surface area contributed by atoms with Crippen molar-refractivity contribution in [3.63, 3.8) is 0 Å². The number of benzene rings is 1. The minimum Gasteiger partial charge on any atom is -0.324 e. The van der Waals surface area contributed by atoms with Gasteiger partial charge in [-0.2, -0.15) is 13.2 Å². The highest BCUT2D eigenvalue weighted by atomic mass is 35.5. The summed E-state index contributed by atoms with van der Waals surface area (Å²) in [5.74, 6) is 0.210. The molecule has 2 N–H and O–H groups in total. The van der Waals surface area contributed by atoms with Crippen LogP contribution in [0.1, 0.15) is 11.4 Å². The Balaban J connectivity index is 2.68. The van der Waals surface area contributed by atoms with Gasteiger partial charge in [0.15, 0.2) is 0 Å². The van der Waals surface area contributed by atoms with E-state index in [0.717, 1.165) is 12.1 Å². The van der Waals surface area contributed by atoms with Crippen LogP contribution in [0.3, 0.4) is 0 Å². The lowest BCUT2D eigenvalue weighted by atomic mass is 10.1. The van der Waals surface area contributed by atoms with Crippen molar-refractivity contribution in [2.24, 2.45) is 5.73 Å². The van der Waals surface area contributed by atoms with Gasteiger partial charge in [-0.1, -0.05) is 11.6 Å². The SMILES string of the molecule is NCc1nc(Cl)c2ccc(C(F)(F)F)cc2n1. The molecule has 0 atom stereocenters. The monoisotopic (exact) mass is 261 g/mol. The molecule has 3 nitrogen and oxygen atoms in total. The van der Waals surface area contributed by atoms with Crippen molar-refractivity contribution in [1.82, 2.24) is 9.97 Å². The minimum absolute atomic E-state index is 0.0197. The second-order valence-corrected chi connectivity index (χ2v) is 3.72. The van der Waals surface area contributed by atoms with Gasteiger partial charge in [0.25, 0.3) is 0 Å². The van der Waals surface area contributed by atoms with Gasteiger partial charge < -0.3 is 5.73 Å². The van der Waals surface area contributed by atoms with Gasteiger partial charge in [0, 0.05) is 5.39 Å². The fourth-order valence-electron chi connectivity index (χ4n) is 1.40. The summed E-state index contributed by atoms with van der Waals surface area (Å²) in [6, 6.07) is 3.13. The number of alkyl halides is 3. The van der Waals surface area contributed by atoms with E-state index < -0.39 is 11.7 Å². The van der Waals surface area contributed by atoms with Crippen molar-refractivity contribution in [3.8, 4) is 0 Å². The molecule has 0 unspecified atom stereocenters. The molecule has 0 spiro atoms. The molecule has 1 aromatic heterocycles. The maximum absolute atomic E-state index is 12.5. The number of hydrogen-bond acceptors (Lipinski definition) is 3. The second kappa shape index (κ2) is 4.12. The summed E-state index contributed by atoms with van der Waals surface area (Å²) in [4.78, 5) is 7.77. The molecule has 1 heterocycles. The number of nitrogens with zero attached hydrogens (tertiary/aromatic N) is 2. The standard InChI is InChI=1S/C10H7ClF3N3/c11-9-6-2-1-5(10(12,13)14)3-7(6)16-8(4-15)17-9/h1-3H,4,15H2. The number of rotatable bonds is 1. The van der Waals surface area contributed by atoms with Crippen LogP contribution in [0.4, 0.5) is 13.2 Å². The fourth-order valence-corrected chi connectivity index (χ4v) is 1.66. The van der Waals surface area contributed by atoms with Crippen LogP contribution in [-0.2, 0) is 12.7 Å². The smallest absolute Gasteiger partial charge is 0.324 e. The van der Waals surface area contributed by atoms with Gasteiger partial charge in [-0.05, 0) is 18.2 Å². The van der Waals surface area contributed by atoms with Crippen LogP contribution >= 0.6 is 11.6 Å². The lowest BCUT2D eigenvalue weighted by molar-refractivity contribution is -0.137. The third-order valence-electron chi connectivity index (χ3n) is 2.21. The van der Waals surface area contributed by atoms with Crippen molar-refractivity contribution in [3.05, 3.63) is 34.7 Å². The molecule has 2 rings (SSSR count). The molecule has 0 saturated heterocycles. The molecular formula is C10H7ClF3N3. The Morgan fingerprint density at radius 1 is 1.24 bits per heavy atom. The Kier molecular flexibility index (Phi) is 2.92. The van der Waals surface area contributed by atoms with Gasteiger partial charge in [0.05, 0.1) is 17.6 Å². The van der Waals surface area contributed by atoms with E-state index in [1.54, 1.807) is 0 Å². The number of nitrogens with two attached hydrogens (primary N) is 1. The van der Waals surface area contributed by atoms with Crippen LogP contribution in [0.5, 0.6) is 0 Å². The Morgan fingerprint density at radius 3 is 2.53 bits per heavy atom. The summed E-state index contributed by atoms with van der Waals surface area (Å²) in [5, 5.41) is 0.473. The predicted molar refractivity (Wildman–Crippen MR) is 57.4 cm³/mol. The summed E-state index contributed by atoms with van der Waals surface area (Å²) in [7, 11) is 0. The maximum Gasteiger partial charge on any atom is 0.416 e. The molecule has 2 aromatic rings. The van der Waals surface area contributed by atoms with Gasteiger partial charge in [0.1, 0.15) is 11.0 Å². The number of aromatic nitrogens is 2. The fraction of sp³-hybridized carbons (Fsp3) is 0.200. The quantitative estimate of drug-likeness (QED) is 0.803. The van der Waals surface area contributed by atoms with Gasteiger partial charge >= 0.3 is 6.18 Å². The third-order valence-corrected chi connectivity index (χ3v) is 2.49. The van der Waals surface area contributed by atoms with Crippen LogP contribution < -0.4 is 5.73 Å². The molecule has 0 bridgehead atoms. The molecule has 7 heteroatoms. The first kappa shape index (κ1) is 12.1. The average Bonchev–Trinajstić information content (AvgIpc) is 2.27. The van der Waals surface area contributed by atoms with E-state index in [2.05, 4.69) is 9.97 Å². The summed E-state index contributed by atoms with van der Waals surface area (Å²) in [5.41, 5.74) is 4.69. The Bertz CT molecular complexity index is 568. The van der Waals surface area contributed by atoms with Gasteiger partial charge in [-0.25, -0.2) is 9.97 Å². The molecule has 0 saturated carbocycles. The van der Waals surface area contributed by atoms with E-state index in [-0.39, 0.29) is 23.0 Å². The second-order valence-electron chi connectivity index (χ2n) is 3.36.